The summed E-state index contributed by atoms with van der Waals surface area (Å²) in [6, 6.07) is 17.3. The largest absolute Gasteiger partial charge is 0.499 e. The average molecular weight is 427 g/mol. The van der Waals surface area contributed by atoms with Crippen LogP contribution in [0, 0.1) is 0 Å². The molecule has 166 valence electrons. The highest BCUT2D eigenvalue weighted by molar-refractivity contribution is 5.71. The van der Waals surface area contributed by atoms with Crippen LogP contribution in [-0.4, -0.2) is 33.1 Å². The summed E-state index contributed by atoms with van der Waals surface area (Å²) < 4.78 is 21.1. The van der Waals surface area contributed by atoms with Gasteiger partial charge in [0.15, 0.2) is 6.79 Å². The fourth-order valence-corrected chi connectivity index (χ4v) is 2.58. The molecule has 0 bridgehead atoms. The van der Waals surface area contributed by atoms with E-state index in [1.165, 1.54) is 14.2 Å². The molecule has 0 aliphatic carbocycles. The third-order valence-corrected chi connectivity index (χ3v) is 4.30. The second-order valence-electron chi connectivity index (χ2n) is 6.56. The molecule has 1 N–H and O–H groups in total. The van der Waals surface area contributed by atoms with Gasteiger partial charge in [-0.15, -0.1) is 0 Å². The number of hydrogen-bond acceptors (Lipinski definition) is 7. The topological polar surface area (TPSA) is 75.3 Å². The van der Waals surface area contributed by atoms with Gasteiger partial charge < -0.3 is 18.9 Å². The summed E-state index contributed by atoms with van der Waals surface area (Å²) in [5, 5.41) is 0. The van der Waals surface area contributed by atoms with Gasteiger partial charge in [0.2, 0.25) is 0 Å². The molecule has 0 aliphatic rings. The summed E-state index contributed by atoms with van der Waals surface area (Å²) in [5.74, 6) is 0.791. The Labute approximate surface area is 183 Å². The lowest BCUT2D eigenvalue weighted by atomic mass is 10.2. The van der Waals surface area contributed by atoms with Crippen LogP contribution < -0.4 is 10.2 Å². The molecule has 0 radical (unpaired) electrons. The van der Waals surface area contributed by atoms with E-state index in [9.17, 15) is 4.79 Å². The molecule has 0 aliphatic heterocycles. The predicted octanol–water partition coefficient (Wildman–Crippen LogP) is 4.21. The van der Waals surface area contributed by atoms with Crippen LogP contribution in [0.25, 0.3) is 5.70 Å². The van der Waals surface area contributed by atoms with Gasteiger partial charge in [-0.25, -0.2) is 0 Å². The van der Waals surface area contributed by atoms with Crippen LogP contribution >= 0.6 is 0 Å². The zero-order valence-electron chi connectivity index (χ0n) is 18.1. The van der Waals surface area contributed by atoms with Crippen LogP contribution in [0.15, 0.2) is 73.0 Å². The maximum atomic E-state index is 11.3. The Bertz CT molecular complexity index is 865. The van der Waals surface area contributed by atoms with E-state index in [4.69, 9.17) is 19.0 Å². The highest BCUT2D eigenvalue weighted by atomic mass is 16.7. The zero-order valence-corrected chi connectivity index (χ0v) is 18.1. The smallest absolute Gasteiger partial charge is 0.309 e. The summed E-state index contributed by atoms with van der Waals surface area (Å²) >= 11 is 0. The van der Waals surface area contributed by atoms with Crippen LogP contribution in [0.3, 0.4) is 0 Å². The number of nitrogens with one attached hydrogen (secondary N) is 1. The Morgan fingerprint density at radius 1 is 1.10 bits per heavy atom. The minimum absolute atomic E-state index is 0.0973. The first kappa shape index (κ1) is 24.0. The van der Waals surface area contributed by atoms with Crippen LogP contribution in [0.1, 0.15) is 24.5 Å². The minimum atomic E-state index is -0.447. The van der Waals surface area contributed by atoms with Crippen molar-refractivity contribution in [1.29, 1.82) is 0 Å². The molecule has 7 nitrogen and oxygen atoms in total. The molecule has 0 fully saturated rings. The molecule has 2 rings (SSSR count). The van der Waals surface area contributed by atoms with Crippen molar-refractivity contribution in [2.75, 3.05) is 21.0 Å². The van der Waals surface area contributed by atoms with Crippen molar-refractivity contribution in [2.45, 2.75) is 26.1 Å². The monoisotopic (exact) mass is 427 g/mol. The number of esters is 1. The Morgan fingerprint density at radius 2 is 1.87 bits per heavy atom. The van der Waals surface area contributed by atoms with E-state index >= 15 is 0 Å². The Morgan fingerprint density at radius 3 is 2.58 bits per heavy atom. The number of methoxy groups -OCH3 is 2. The van der Waals surface area contributed by atoms with Crippen LogP contribution in [0.5, 0.6) is 5.75 Å². The highest BCUT2D eigenvalue weighted by Gasteiger charge is 2.12. The summed E-state index contributed by atoms with van der Waals surface area (Å²) in [6.45, 7) is 6.39. The second-order valence-corrected chi connectivity index (χ2v) is 6.56. The van der Waals surface area contributed by atoms with Gasteiger partial charge in [0.05, 0.1) is 32.9 Å². The van der Waals surface area contributed by atoms with E-state index < -0.39 is 6.10 Å². The van der Waals surface area contributed by atoms with E-state index in [2.05, 4.69) is 16.8 Å². The Balaban J connectivity index is 1.81. The van der Waals surface area contributed by atoms with E-state index in [1.54, 1.807) is 13.0 Å². The molecular weight excluding hydrogens is 398 g/mol. The van der Waals surface area contributed by atoms with Gasteiger partial charge in [-0.1, -0.05) is 49.0 Å². The Kier molecular flexibility index (Phi) is 10.1. The summed E-state index contributed by atoms with van der Waals surface area (Å²) in [5.41, 5.74) is 5.24. The molecule has 0 saturated heterocycles. The maximum absolute atomic E-state index is 11.3. The van der Waals surface area contributed by atoms with E-state index in [0.29, 0.717) is 23.8 Å². The van der Waals surface area contributed by atoms with Crippen molar-refractivity contribution in [3.05, 3.63) is 84.1 Å². The van der Waals surface area contributed by atoms with Gasteiger partial charge in [0.1, 0.15) is 17.6 Å². The minimum Gasteiger partial charge on any atom is -0.499 e. The summed E-state index contributed by atoms with van der Waals surface area (Å²) in [6.07, 6.45) is 1.27. The van der Waals surface area contributed by atoms with Crippen LogP contribution in [-0.2, 0) is 30.4 Å². The number of ether oxygens (including phenoxy) is 4. The summed E-state index contributed by atoms with van der Waals surface area (Å²) in [4.78, 5) is 16.9. The van der Waals surface area contributed by atoms with Gasteiger partial charge >= 0.3 is 5.97 Å². The van der Waals surface area contributed by atoms with Gasteiger partial charge in [-0.3, -0.25) is 15.1 Å². The normalized spacial score (nSPS) is 12.0. The summed E-state index contributed by atoms with van der Waals surface area (Å²) in [7, 11) is 2.85. The predicted molar refractivity (Wildman–Crippen MR) is 118 cm³/mol. The molecule has 31 heavy (non-hydrogen) atoms. The molecular formula is C24H29NO6. The van der Waals surface area contributed by atoms with E-state index in [1.807, 2.05) is 54.6 Å². The first-order valence-electron chi connectivity index (χ1n) is 9.79. The van der Waals surface area contributed by atoms with Crippen molar-refractivity contribution in [2.24, 2.45) is 0 Å². The molecule has 0 saturated carbocycles. The Hall–Kier alpha value is -3.29. The third kappa shape index (κ3) is 8.54. The first-order valence-corrected chi connectivity index (χ1v) is 9.79. The average Bonchev–Trinajstić information content (AvgIpc) is 2.81. The number of carbonyl (C=O) groups excluding carboxylic acids is 1. The number of hydrogen-bond donors (Lipinski definition) is 1. The van der Waals surface area contributed by atoms with Crippen LogP contribution in [0.2, 0.25) is 0 Å². The van der Waals surface area contributed by atoms with Gasteiger partial charge in [-0.2, -0.15) is 0 Å². The molecule has 1 atom stereocenters. The zero-order chi connectivity index (χ0) is 22.5. The fourth-order valence-electron chi connectivity index (χ4n) is 2.58. The lowest BCUT2D eigenvalue weighted by molar-refractivity contribution is -0.139. The van der Waals surface area contributed by atoms with E-state index in [-0.39, 0.29) is 19.2 Å². The van der Waals surface area contributed by atoms with Gasteiger partial charge in [0.25, 0.3) is 0 Å². The van der Waals surface area contributed by atoms with Crippen molar-refractivity contribution in [3.8, 4) is 5.75 Å². The van der Waals surface area contributed by atoms with Crippen LogP contribution in [0.4, 0.5) is 0 Å². The second kappa shape index (κ2) is 13.1. The molecule has 2 aromatic rings. The molecule has 0 heterocycles. The van der Waals surface area contributed by atoms with E-state index in [0.717, 1.165) is 11.1 Å². The van der Waals surface area contributed by atoms with Crippen molar-refractivity contribution < 1.29 is 28.6 Å². The number of benzene rings is 2. The van der Waals surface area contributed by atoms with Crippen molar-refractivity contribution >= 4 is 11.7 Å². The lowest BCUT2D eigenvalue weighted by Crippen LogP contribution is -2.23. The molecule has 2 aromatic carbocycles. The van der Waals surface area contributed by atoms with Crippen molar-refractivity contribution in [3.63, 3.8) is 0 Å². The third-order valence-electron chi connectivity index (χ3n) is 4.30. The number of hydroxylamine groups is 1. The standard InChI is InChI=1S/C24H29NO6/c1-18(25-31-19(2)23(27-3)13-14-24(26)28-4)21-11-8-12-22(15-21)30-17-29-16-20-9-6-5-7-10-20/h5-13,15,19,25H,1,14,16-17H2,2-4H3. The lowest BCUT2D eigenvalue weighted by Gasteiger charge is -2.18. The number of carbonyl (C=O) groups is 1. The van der Waals surface area contributed by atoms with Gasteiger partial charge in [0, 0.05) is 5.56 Å². The molecule has 0 spiro atoms. The first-order chi connectivity index (χ1) is 15.0. The van der Waals surface area contributed by atoms with Gasteiger partial charge in [-0.05, 0) is 30.7 Å². The number of rotatable bonds is 13. The SMILES string of the molecule is C=C(NOC(C)C(=CCC(=O)OC)OC)c1cccc(OCOCc2ccccc2)c1. The molecule has 7 heteroatoms. The maximum Gasteiger partial charge on any atom is 0.309 e. The quantitative estimate of drug-likeness (QED) is 0.169. The highest BCUT2D eigenvalue weighted by Crippen LogP contribution is 2.19. The molecule has 0 aromatic heterocycles. The fraction of sp³-hybridized carbons (Fsp3) is 0.292. The molecule has 0 amide bonds. The molecule has 1 unspecified atom stereocenters. The van der Waals surface area contributed by atoms with Crippen molar-refractivity contribution in [1.82, 2.24) is 5.48 Å².